The second-order valence-electron chi connectivity index (χ2n) is 6.64. The molecule has 0 aliphatic carbocycles. The van der Waals surface area contributed by atoms with Crippen molar-refractivity contribution >= 4 is 11.5 Å². The number of hydrogen-bond donors (Lipinski definition) is 2. The van der Waals surface area contributed by atoms with Gasteiger partial charge in [-0.3, -0.25) is 0 Å². The first-order chi connectivity index (χ1) is 7.59. The number of rotatable bonds is 3. The highest BCUT2D eigenvalue weighted by Crippen LogP contribution is 2.30. The maximum absolute atomic E-state index is 5.94. The minimum atomic E-state index is -0.0207. The Hall–Kier alpha value is -1.25. The molecule has 0 aliphatic heterocycles. The van der Waals surface area contributed by atoms with Crippen LogP contribution in [0.1, 0.15) is 46.7 Å². The van der Waals surface area contributed by atoms with Crippen molar-refractivity contribution in [2.75, 3.05) is 11.1 Å². The van der Waals surface area contributed by atoms with Gasteiger partial charge >= 0.3 is 0 Å². The normalized spacial score (nSPS) is 12.6. The van der Waals surface area contributed by atoms with Crippen molar-refractivity contribution in [2.24, 2.45) is 5.41 Å². The Labute approximate surface area is 105 Å². The summed E-state index contributed by atoms with van der Waals surface area (Å²) in [6, 6.07) is 3.83. The summed E-state index contributed by atoms with van der Waals surface area (Å²) in [5.41, 5.74) is 7.87. The molecular weight excluding hydrogens is 210 g/mol. The fraction of sp³-hybridized carbons (Fsp3) is 0.643. The molecule has 0 atom stereocenters. The van der Waals surface area contributed by atoms with Crippen molar-refractivity contribution in [1.82, 2.24) is 4.98 Å². The van der Waals surface area contributed by atoms with Crippen LogP contribution in [0.2, 0.25) is 0 Å². The van der Waals surface area contributed by atoms with E-state index in [1.54, 1.807) is 0 Å². The summed E-state index contributed by atoms with van der Waals surface area (Å²) in [5, 5.41) is 3.45. The number of nitrogen functional groups attached to an aromatic ring is 1. The molecule has 3 heteroatoms. The number of anilines is 2. The van der Waals surface area contributed by atoms with Gasteiger partial charge in [0, 0.05) is 11.2 Å². The van der Waals surface area contributed by atoms with Crippen LogP contribution in [0.15, 0.2) is 12.1 Å². The molecule has 0 saturated carbocycles. The van der Waals surface area contributed by atoms with Crippen molar-refractivity contribution in [3.8, 4) is 0 Å². The third-order valence-corrected chi connectivity index (χ3v) is 2.49. The Balaban J connectivity index is 2.86. The maximum atomic E-state index is 5.94. The van der Waals surface area contributed by atoms with Crippen molar-refractivity contribution < 1.29 is 0 Å². The molecule has 0 spiro atoms. The zero-order valence-electron chi connectivity index (χ0n) is 11.9. The molecule has 1 aromatic heterocycles. The van der Waals surface area contributed by atoms with E-state index in [-0.39, 0.29) is 11.0 Å². The lowest BCUT2D eigenvalue weighted by Crippen LogP contribution is -2.36. The topological polar surface area (TPSA) is 50.9 Å². The number of nitrogens with one attached hydrogen (secondary N) is 1. The van der Waals surface area contributed by atoms with E-state index in [0.29, 0.717) is 5.69 Å². The Morgan fingerprint density at radius 2 is 1.76 bits per heavy atom. The molecule has 1 heterocycles. The van der Waals surface area contributed by atoms with E-state index in [2.05, 4.69) is 44.9 Å². The third-order valence-electron chi connectivity index (χ3n) is 2.49. The predicted molar refractivity (Wildman–Crippen MR) is 75.2 cm³/mol. The Morgan fingerprint density at radius 3 is 2.29 bits per heavy atom. The van der Waals surface area contributed by atoms with Crippen LogP contribution in [0, 0.1) is 12.3 Å². The average Bonchev–Trinajstić information content (AvgIpc) is 2.06. The van der Waals surface area contributed by atoms with Crippen molar-refractivity contribution in [1.29, 1.82) is 0 Å². The van der Waals surface area contributed by atoms with E-state index >= 15 is 0 Å². The first-order valence-electron chi connectivity index (χ1n) is 6.10. The number of aromatic nitrogens is 1. The molecule has 0 radical (unpaired) electrons. The van der Waals surface area contributed by atoms with Gasteiger partial charge in [-0.05, 0) is 44.7 Å². The molecular formula is C14H25N3. The van der Waals surface area contributed by atoms with Crippen molar-refractivity contribution in [3.63, 3.8) is 0 Å². The van der Waals surface area contributed by atoms with Crippen LogP contribution in [0.5, 0.6) is 0 Å². The van der Waals surface area contributed by atoms with Gasteiger partial charge in [-0.25, -0.2) is 4.98 Å². The van der Waals surface area contributed by atoms with Gasteiger partial charge in [0.05, 0.1) is 5.69 Å². The second-order valence-corrected chi connectivity index (χ2v) is 6.64. The van der Waals surface area contributed by atoms with Gasteiger partial charge in [0.15, 0.2) is 0 Å². The first-order valence-corrected chi connectivity index (χ1v) is 6.10. The van der Waals surface area contributed by atoms with Gasteiger partial charge < -0.3 is 11.1 Å². The number of nitrogens with two attached hydrogens (primary N) is 1. The van der Waals surface area contributed by atoms with Gasteiger partial charge in [-0.2, -0.15) is 0 Å². The Kier molecular flexibility index (Phi) is 3.70. The van der Waals surface area contributed by atoms with E-state index in [1.165, 1.54) is 0 Å². The monoisotopic (exact) mass is 235 g/mol. The number of hydrogen-bond acceptors (Lipinski definition) is 3. The zero-order chi connectivity index (χ0) is 13.3. The summed E-state index contributed by atoms with van der Waals surface area (Å²) < 4.78 is 0. The third kappa shape index (κ3) is 4.63. The van der Waals surface area contributed by atoms with Crippen LogP contribution in [0.4, 0.5) is 11.5 Å². The first kappa shape index (κ1) is 13.8. The van der Waals surface area contributed by atoms with E-state index in [0.717, 1.165) is 17.9 Å². The molecule has 0 bridgehead atoms. The molecule has 3 N–H and O–H groups in total. The lowest BCUT2D eigenvalue weighted by Gasteiger charge is -2.34. The fourth-order valence-electron chi connectivity index (χ4n) is 2.36. The average molecular weight is 235 g/mol. The van der Waals surface area contributed by atoms with E-state index in [4.69, 9.17) is 5.73 Å². The number of aryl methyl sites for hydroxylation is 1. The van der Waals surface area contributed by atoms with Crippen LogP contribution >= 0.6 is 0 Å². The second kappa shape index (κ2) is 4.55. The lowest BCUT2D eigenvalue weighted by atomic mass is 9.82. The molecule has 1 rings (SSSR count). The summed E-state index contributed by atoms with van der Waals surface area (Å²) in [6.45, 7) is 13.1. The molecule has 0 saturated heterocycles. The van der Waals surface area contributed by atoms with Crippen LogP contribution in [-0.2, 0) is 0 Å². The molecule has 0 unspecified atom stereocenters. The summed E-state index contributed by atoms with van der Waals surface area (Å²) in [5.74, 6) is 0.791. The molecule has 1 aromatic rings. The summed E-state index contributed by atoms with van der Waals surface area (Å²) >= 11 is 0. The van der Waals surface area contributed by atoms with Crippen LogP contribution in [0.25, 0.3) is 0 Å². The lowest BCUT2D eigenvalue weighted by molar-refractivity contribution is 0.302. The van der Waals surface area contributed by atoms with Gasteiger partial charge in [0.2, 0.25) is 0 Å². The molecule has 0 fully saturated rings. The highest BCUT2D eigenvalue weighted by Gasteiger charge is 2.26. The Bertz CT molecular complexity index is 389. The van der Waals surface area contributed by atoms with E-state index in [1.807, 2.05) is 19.1 Å². The van der Waals surface area contributed by atoms with Gasteiger partial charge in [-0.15, -0.1) is 0 Å². The van der Waals surface area contributed by atoms with Gasteiger partial charge in [0.25, 0.3) is 0 Å². The highest BCUT2D eigenvalue weighted by atomic mass is 15.1. The largest absolute Gasteiger partial charge is 0.396 e. The van der Waals surface area contributed by atoms with Crippen molar-refractivity contribution in [3.05, 3.63) is 17.8 Å². The SMILES string of the molecule is Cc1ccc(N)c(NC(C)(C)CC(C)(C)C)n1. The number of nitrogens with zero attached hydrogens (tertiary/aromatic N) is 1. The summed E-state index contributed by atoms with van der Waals surface area (Å²) in [7, 11) is 0. The predicted octanol–water partition coefficient (Wildman–Crippen LogP) is 3.60. The molecule has 96 valence electrons. The minimum Gasteiger partial charge on any atom is -0.396 e. The summed E-state index contributed by atoms with van der Waals surface area (Å²) in [4.78, 5) is 4.45. The van der Waals surface area contributed by atoms with Gasteiger partial charge in [-0.1, -0.05) is 20.8 Å². The number of pyridine rings is 1. The fourth-order valence-corrected chi connectivity index (χ4v) is 2.36. The molecule has 0 amide bonds. The van der Waals surface area contributed by atoms with Crippen molar-refractivity contribution in [2.45, 2.75) is 53.5 Å². The summed E-state index contributed by atoms with van der Waals surface area (Å²) in [6.07, 6.45) is 1.05. The minimum absolute atomic E-state index is 0.0207. The van der Waals surface area contributed by atoms with Crippen LogP contribution in [0.3, 0.4) is 0 Å². The standard InChI is InChI=1S/C14H25N3/c1-10-7-8-11(15)12(16-10)17-14(5,6)9-13(2,3)4/h7-8H,9,15H2,1-6H3,(H,16,17). The van der Waals surface area contributed by atoms with Gasteiger partial charge in [0.1, 0.15) is 5.82 Å². The zero-order valence-corrected chi connectivity index (χ0v) is 11.9. The highest BCUT2D eigenvalue weighted by molar-refractivity contribution is 5.62. The smallest absolute Gasteiger partial charge is 0.149 e. The van der Waals surface area contributed by atoms with E-state index in [9.17, 15) is 0 Å². The van der Waals surface area contributed by atoms with Crippen LogP contribution in [-0.4, -0.2) is 10.5 Å². The maximum Gasteiger partial charge on any atom is 0.149 e. The molecule has 0 aromatic carbocycles. The quantitative estimate of drug-likeness (QED) is 0.841. The Morgan fingerprint density at radius 1 is 1.18 bits per heavy atom. The van der Waals surface area contributed by atoms with Crippen LogP contribution < -0.4 is 11.1 Å². The molecule has 3 nitrogen and oxygen atoms in total. The molecule has 0 aliphatic rings. The van der Waals surface area contributed by atoms with E-state index < -0.39 is 0 Å². The molecule has 17 heavy (non-hydrogen) atoms.